The van der Waals surface area contributed by atoms with E-state index in [1.54, 1.807) is 0 Å². The molecular weight excluding hydrogens is 438 g/mol. The van der Waals surface area contributed by atoms with Crippen LogP contribution in [0.5, 0.6) is 0 Å². The van der Waals surface area contributed by atoms with Crippen LogP contribution in [0.4, 0.5) is 0 Å². The van der Waals surface area contributed by atoms with Gasteiger partial charge in [0, 0.05) is 16.2 Å². The molecule has 0 radical (unpaired) electrons. The summed E-state index contributed by atoms with van der Waals surface area (Å²) < 4.78 is 0. The lowest BCUT2D eigenvalue weighted by molar-refractivity contribution is 1.49. The van der Waals surface area contributed by atoms with Crippen LogP contribution in [0.3, 0.4) is 0 Å². The molecule has 0 aliphatic carbocycles. The molecule has 0 amide bonds. The van der Waals surface area contributed by atoms with Crippen LogP contribution in [0.1, 0.15) is 0 Å². The van der Waals surface area contributed by atoms with E-state index >= 15 is 0 Å². The van der Waals surface area contributed by atoms with Crippen LogP contribution >= 0.6 is 0 Å². The van der Waals surface area contributed by atoms with Crippen molar-refractivity contribution in [3.05, 3.63) is 127 Å². The van der Waals surface area contributed by atoms with Crippen LogP contribution in [-0.4, -0.2) is 15.0 Å². The Bertz CT molecular complexity index is 1820. The fourth-order valence-corrected chi connectivity index (χ4v) is 4.35. The average Bonchev–Trinajstić information content (AvgIpc) is 2.93. The maximum Gasteiger partial charge on any atom is 0.114 e. The summed E-state index contributed by atoms with van der Waals surface area (Å²) in [6.45, 7) is 0. The molecular formula is C33H15N3. The number of benzene rings is 3. The van der Waals surface area contributed by atoms with E-state index in [2.05, 4.69) is 36.4 Å². The van der Waals surface area contributed by atoms with Gasteiger partial charge in [0.25, 0.3) is 0 Å². The Morgan fingerprint density at radius 1 is 0.333 bits per heavy atom. The summed E-state index contributed by atoms with van der Waals surface area (Å²) >= 11 is 0. The zero-order chi connectivity index (χ0) is 23.9. The second kappa shape index (κ2) is 8.11. The number of fused-ring (bicyclic) bond motifs is 3. The van der Waals surface area contributed by atoms with Crippen molar-refractivity contribution in [1.82, 2.24) is 15.0 Å². The number of nitrogens with zero attached hydrogens (tertiary/aromatic N) is 3. The molecule has 7 rings (SSSR count). The Balaban J connectivity index is 1.65. The molecule has 0 aliphatic rings. The Morgan fingerprint density at radius 2 is 0.667 bits per heavy atom. The van der Waals surface area contributed by atoms with Crippen molar-refractivity contribution in [3.63, 3.8) is 0 Å². The summed E-state index contributed by atoms with van der Waals surface area (Å²) in [5.74, 6) is 0. The number of pyridine rings is 3. The fourth-order valence-electron chi connectivity index (χ4n) is 4.35. The van der Waals surface area contributed by atoms with Crippen molar-refractivity contribution in [2.24, 2.45) is 0 Å². The van der Waals surface area contributed by atoms with Crippen LogP contribution in [0.2, 0.25) is 0 Å². The largest absolute Gasteiger partial charge is 0.238 e. The molecule has 3 nitrogen and oxygen atoms in total. The van der Waals surface area contributed by atoms with Crippen LogP contribution < -0.4 is 0 Å². The summed E-state index contributed by atoms with van der Waals surface area (Å²) in [4.78, 5) is 14.5. The zero-order valence-electron chi connectivity index (χ0n) is 19.0. The van der Waals surface area contributed by atoms with E-state index in [1.165, 1.54) is 0 Å². The van der Waals surface area contributed by atoms with Gasteiger partial charge in [-0.15, -0.1) is 0 Å². The molecule has 36 heavy (non-hydrogen) atoms. The summed E-state index contributed by atoms with van der Waals surface area (Å²) in [5.41, 5.74) is 4.51. The molecule has 0 fully saturated rings. The van der Waals surface area contributed by atoms with Crippen molar-refractivity contribution in [2.45, 2.75) is 0 Å². The summed E-state index contributed by atoms with van der Waals surface area (Å²) in [7, 11) is 0. The van der Waals surface area contributed by atoms with E-state index in [4.69, 9.17) is 15.0 Å². The van der Waals surface area contributed by atoms with E-state index < -0.39 is 0 Å². The molecule has 6 bridgehead atoms. The third-order valence-electron chi connectivity index (χ3n) is 6.14. The van der Waals surface area contributed by atoms with E-state index in [0.29, 0.717) is 16.6 Å². The van der Waals surface area contributed by atoms with Gasteiger partial charge in [-0.25, -0.2) is 15.0 Å². The molecule has 0 aliphatic heterocycles. The first-order chi connectivity index (χ1) is 17.8. The lowest BCUT2D eigenvalue weighted by atomic mass is 10.1. The van der Waals surface area contributed by atoms with Gasteiger partial charge in [0.15, 0.2) is 0 Å². The normalized spacial score (nSPS) is 10.7. The molecule has 3 heteroatoms. The number of aromatic nitrogens is 3. The first-order valence-electron chi connectivity index (χ1n) is 11.6. The minimum atomic E-state index is 0.680. The van der Waals surface area contributed by atoms with Gasteiger partial charge in [-0.1, -0.05) is 54.6 Å². The van der Waals surface area contributed by atoms with Gasteiger partial charge < -0.3 is 0 Å². The minimum Gasteiger partial charge on any atom is -0.238 e. The first-order valence-corrected chi connectivity index (χ1v) is 11.6. The molecule has 0 saturated heterocycles. The van der Waals surface area contributed by atoms with E-state index in [0.717, 1.165) is 48.9 Å². The van der Waals surface area contributed by atoms with Gasteiger partial charge >= 0.3 is 0 Å². The molecule has 4 aromatic heterocycles. The Kier molecular flexibility index (Phi) is 4.50. The highest BCUT2D eigenvalue weighted by Crippen LogP contribution is 2.20. The Labute approximate surface area is 207 Å². The van der Waals surface area contributed by atoms with Crippen molar-refractivity contribution >= 4 is 65.4 Å². The molecule has 0 saturated carbocycles. The second-order valence-electron chi connectivity index (χ2n) is 8.47. The third-order valence-corrected chi connectivity index (χ3v) is 6.14. The van der Waals surface area contributed by atoms with Crippen LogP contribution in [0, 0.1) is 36.4 Å². The first kappa shape index (κ1) is 20.0. The fraction of sp³-hybridized carbons (Fsp3) is 0. The topological polar surface area (TPSA) is 38.7 Å². The highest BCUT2D eigenvalue weighted by molar-refractivity contribution is 5.97. The molecule has 0 atom stereocenters. The summed E-state index contributed by atoms with van der Waals surface area (Å²) in [6.07, 6.45) is 0. The molecule has 162 valence electrons. The van der Waals surface area contributed by atoms with E-state index in [-0.39, 0.29) is 0 Å². The highest BCUT2D eigenvalue weighted by Gasteiger charge is 2.00. The number of rotatable bonds is 0. The molecule has 0 spiro atoms. The lowest BCUT2D eigenvalue weighted by Gasteiger charge is -1.98. The lowest BCUT2D eigenvalue weighted by Crippen LogP contribution is -1.80. The maximum absolute atomic E-state index is 4.84. The van der Waals surface area contributed by atoms with Gasteiger partial charge in [-0.2, -0.15) is 0 Å². The van der Waals surface area contributed by atoms with Crippen molar-refractivity contribution in [3.8, 4) is 0 Å². The van der Waals surface area contributed by atoms with Gasteiger partial charge in [0.2, 0.25) is 0 Å². The zero-order valence-corrected chi connectivity index (χ0v) is 19.0. The van der Waals surface area contributed by atoms with Gasteiger partial charge in [-0.05, 0) is 72.8 Å². The average molecular weight is 454 g/mol. The van der Waals surface area contributed by atoms with Crippen molar-refractivity contribution in [1.29, 1.82) is 0 Å². The quantitative estimate of drug-likeness (QED) is 0.242. The summed E-state index contributed by atoms with van der Waals surface area (Å²) in [6, 6.07) is 49.4. The van der Waals surface area contributed by atoms with Gasteiger partial charge in [-0.3, -0.25) is 0 Å². The van der Waals surface area contributed by atoms with Crippen molar-refractivity contribution in [2.75, 3.05) is 0 Å². The molecule has 0 unspecified atom stereocenters. The molecule has 0 N–H and O–H groups in total. The monoisotopic (exact) mass is 453 g/mol. The van der Waals surface area contributed by atoms with E-state index in [1.807, 2.05) is 91.0 Å². The minimum absolute atomic E-state index is 0.680. The predicted molar refractivity (Wildman–Crippen MR) is 144 cm³/mol. The molecule has 7 aromatic rings. The number of hydrogen-bond donors (Lipinski definition) is 0. The SMILES string of the molecule is c1c2ccc3cccc(c#cc4ccc5cccc(c#cc6ccc7cccc(c#1)c7n6)c5n4)c3n2. The Morgan fingerprint density at radius 3 is 1.00 bits per heavy atom. The maximum atomic E-state index is 4.84. The third kappa shape index (κ3) is 3.52. The smallest absolute Gasteiger partial charge is 0.114 e. The predicted octanol–water partition coefficient (Wildman–Crippen LogP) is 7.28. The van der Waals surface area contributed by atoms with Gasteiger partial charge in [0.05, 0.1) is 32.7 Å². The second-order valence-corrected chi connectivity index (χ2v) is 8.47. The van der Waals surface area contributed by atoms with Gasteiger partial charge in [0.1, 0.15) is 16.6 Å². The molecule has 3 aromatic carbocycles. The van der Waals surface area contributed by atoms with Crippen molar-refractivity contribution < 1.29 is 0 Å². The highest BCUT2D eigenvalue weighted by atomic mass is 14.7. The number of hydrogen-bond acceptors (Lipinski definition) is 3. The summed E-state index contributed by atoms with van der Waals surface area (Å²) in [5, 5.41) is 5.56. The standard InChI is InChI=1S/C33H15N3/c1-4-22-10-16-28-20-14-26-8-3-6-24-12-18-30(36-33(24)26)21-15-27-9-2-5-23-11-17-29(35-32(23)27)19-13-25(7-1)31(22)34-28/h1-12,16-18H. The Hall–Kier alpha value is -5.43. The van der Waals surface area contributed by atoms with Crippen LogP contribution in [0.15, 0.2) is 91.0 Å². The van der Waals surface area contributed by atoms with Crippen LogP contribution in [0.25, 0.3) is 65.4 Å². The van der Waals surface area contributed by atoms with Crippen LogP contribution in [-0.2, 0) is 0 Å². The number of para-hydroxylation sites is 3. The van der Waals surface area contributed by atoms with E-state index in [9.17, 15) is 0 Å². The molecule has 4 heterocycles.